The Kier molecular flexibility index (Phi) is 2.94. The summed E-state index contributed by atoms with van der Waals surface area (Å²) < 4.78 is 0. The lowest BCUT2D eigenvalue weighted by atomic mass is 9.75. The second kappa shape index (κ2) is 3.57. The van der Waals surface area contributed by atoms with E-state index in [1.165, 1.54) is 12.8 Å². The second-order valence-electron chi connectivity index (χ2n) is 4.39. The van der Waals surface area contributed by atoms with Crippen molar-refractivity contribution in [1.29, 1.82) is 0 Å². The predicted molar refractivity (Wildman–Crippen MR) is 47.3 cm³/mol. The zero-order valence-corrected chi connectivity index (χ0v) is 7.88. The molecule has 0 amide bonds. The van der Waals surface area contributed by atoms with Gasteiger partial charge in [-0.15, -0.1) is 0 Å². The maximum absolute atomic E-state index is 9.66. The molecule has 0 saturated heterocycles. The zero-order valence-electron chi connectivity index (χ0n) is 7.88. The number of hydrogen-bond acceptors (Lipinski definition) is 1. The topological polar surface area (TPSA) is 20.2 Å². The number of aliphatic hydroxyl groups is 1. The summed E-state index contributed by atoms with van der Waals surface area (Å²) in [6, 6.07) is 0. The van der Waals surface area contributed by atoms with Crippen molar-refractivity contribution in [2.75, 3.05) is 0 Å². The van der Waals surface area contributed by atoms with Crippen LogP contribution < -0.4 is 0 Å². The molecule has 1 nitrogen and oxygen atoms in total. The van der Waals surface area contributed by atoms with Crippen molar-refractivity contribution >= 4 is 0 Å². The number of aliphatic hydroxyl groups excluding tert-OH is 1. The van der Waals surface area contributed by atoms with Crippen LogP contribution in [0, 0.1) is 17.8 Å². The Bertz CT molecular complexity index is 120. The van der Waals surface area contributed by atoms with Gasteiger partial charge in [-0.2, -0.15) is 0 Å². The van der Waals surface area contributed by atoms with Gasteiger partial charge >= 0.3 is 0 Å². The lowest BCUT2D eigenvalue weighted by molar-refractivity contribution is 0.0283. The molecule has 1 heteroatoms. The third-order valence-electron chi connectivity index (χ3n) is 2.98. The molecule has 1 rings (SSSR count). The molecule has 1 fully saturated rings. The fourth-order valence-electron chi connectivity index (χ4n) is 2.13. The highest BCUT2D eigenvalue weighted by molar-refractivity contribution is 4.79. The first-order chi connectivity index (χ1) is 5.11. The molecule has 11 heavy (non-hydrogen) atoms. The quantitative estimate of drug-likeness (QED) is 0.618. The molecule has 0 unspecified atom stereocenters. The molecule has 0 aromatic heterocycles. The van der Waals surface area contributed by atoms with Crippen LogP contribution in [0.3, 0.4) is 0 Å². The normalized spacial score (nSPS) is 39.5. The Labute approximate surface area is 69.8 Å². The van der Waals surface area contributed by atoms with Crippen molar-refractivity contribution in [2.24, 2.45) is 17.8 Å². The van der Waals surface area contributed by atoms with E-state index in [9.17, 15) is 5.11 Å². The van der Waals surface area contributed by atoms with Crippen molar-refractivity contribution in [2.45, 2.75) is 46.1 Å². The molecule has 0 bridgehead atoms. The monoisotopic (exact) mass is 156 g/mol. The van der Waals surface area contributed by atoms with Gasteiger partial charge in [0.1, 0.15) is 0 Å². The minimum Gasteiger partial charge on any atom is -0.393 e. The second-order valence-corrected chi connectivity index (χ2v) is 4.39. The summed E-state index contributed by atoms with van der Waals surface area (Å²) in [4.78, 5) is 0. The van der Waals surface area contributed by atoms with Gasteiger partial charge in [0.2, 0.25) is 0 Å². The van der Waals surface area contributed by atoms with Crippen LogP contribution in [0.2, 0.25) is 0 Å². The first-order valence-electron chi connectivity index (χ1n) is 4.79. The van der Waals surface area contributed by atoms with E-state index >= 15 is 0 Å². The van der Waals surface area contributed by atoms with Crippen LogP contribution in [0.4, 0.5) is 0 Å². The molecular weight excluding hydrogens is 136 g/mol. The Morgan fingerprint density at radius 3 is 2.36 bits per heavy atom. The van der Waals surface area contributed by atoms with Crippen LogP contribution in [0.1, 0.15) is 40.0 Å². The smallest absolute Gasteiger partial charge is 0.0571 e. The Balaban J connectivity index is 2.47. The van der Waals surface area contributed by atoms with E-state index in [4.69, 9.17) is 0 Å². The third-order valence-corrected chi connectivity index (χ3v) is 2.98. The van der Waals surface area contributed by atoms with Gasteiger partial charge in [0.25, 0.3) is 0 Å². The van der Waals surface area contributed by atoms with Crippen molar-refractivity contribution in [1.82, 2.24) is 0 Å². The SMILES string of the molecule is CC(C)[C@@H]1C[C@H](C)CC[C@@H]1O. The molecule has 0 heterocycles. The summed E-state index contributed by atoms with van der Waals surface area (Å²) in [6.45, 7) is 6.72. The van der Waals surface area contributed by atoms with Gasteiger partial charge in [-0.25, -0.2) is 0 Å². The average Bonchev–Trinajstić information content (AvgIpc) is 1.94. The highest BCUT2D eigenvalue weighted by Crippen LogP contribution is 2.33. The van der Waals surface area contributed by atoms with Crippen LogP contribution in [0.15, 0.2) is 0 Å². The summed E-state index contributed by atoms with van der Waals surface area (Å²) in [5.74, 6) is 2.03. The van der Waals surface area contributed by atoms with Crippen LogP contribution in [0.25, 0.3) is 0 Å². The largest absolute Gasteiger partial charge is 0.393 e. The van der Waals surface area contributed by atoms with Crippen LogP contribution in [0.5, 0.6) is 0 Å². The zero-order chi connectivity index (χ0) is 8.43. The molecule has 0 aromatic rings. The van der Waals surface area contributed by atoms with E-state index in [1.807, 2.05) is 0 Å². The van der Waals surface area contributed by atoms with E-state index in [0.717, 1.165) is 12.3 Å². The average molecular weight is 156 g/mol. The maximum Gasteiger partial charge on any atom is 0.0571 e. The van der Waals surface area contributed by atoms with Gasteiger partial charge in [0, 0.05) is 0 Å². The molecule has 1 aliphatic rings. The highest BCUT2D eigenvalue weighted by atomic mass is 16.3. The molecule has 0 spiro atoms. The third kappa shape index (κ3) is 2.19. The summed E-state index contributed by atoms with van der Waals surface area (Å²) in [5, 5.41) is 9.66. The van der Waals surface area contributed by atoms with E-state index in [2.05, 4.69) is 20.8 Å². The van der Waals surface area contributed by atoms with E-state index in [-0.39, 0.29) is 6.10 Å². The Morgan fingerprint density at radius 2 is 1.91 bits per heavy atom. The van der Waals surface area contributed by atoms with Gasteiger partial charge in [-0.1, -0.05) is 20.8 Å². The Hall–Kier alpha value is -0.0400. The molecule has 1 saturated carbocycles. The van der Waals surface area contributed by atoms with Crippen LogP contribution >= 0.6 is 0 Å². The lowest BCUT2D eigenvalue weighted by Gasteiger charge is -2.34. The van der Waals surface area contributed by atoms with Gasteiger partial charge < -0.3 is 5.11 Å². The fourth-order valence-corrected chi connectivity index (χ4v) is 2.13. The van der Waals surface area contributed by atoms with Crippen molar-refractivity contribution in [3.8, 4) is 0 Å². The minimum atomic E-state index is -0.0220. The van der Waals surface area contributed by atoms with E-state index in [1.54, 1.807) is 0 Å². The minimum absolute atomic E-state index is 0.0220. The van der Waals surface area contributed by atoms with Gasteiger partial charge in [0.15, 0.2) is 0 Å². The lowest BCUT2D eigenvalue weighted by Crippen LogP contribution is -2.31. The fraction of sp³-hybridized carbons (Fsp3) is 1.00. The standard InChI is InChI=1S/C10H20O/c1-7(2)9-6-8(3)4-5-10(9)11/h7-11H,4-6H2,1-3H3/t8-,9+,10+/m1/s1. The molecule has 1 N–H and O–H groups in total. The van der Waals surface area contributed by atoms with Crippen molar-refractivity contribution in [3.63, 3.8) is 0 Å². The number of hydrogen-bond donors (Lipinski definition) is 1. The summed E-state index contributed by atoms with van der Waals surface area (Å²) >= 11 is 0. The van der Waals surface area contributed by atoms with Crippen molar-refractivity contribution < 1.29 is 5.11 Å². The first kappa shape index (κ1) is 9.05. The molecule has 0 aliphatic heterocycles. The summed E-state index contributed by atoms with van der Waals surface area (Å²) in [6.07, 6.45) is 3.43. The molecule has 66 valence electrons. The first-order valence-corrected chi connectivity index (χ1v) is 4.79. The van der Waals surface area contributed by atoms with Crippen molar-refractivity contribution in [3.05, 3.63) is 0 Å². The van der Waals surface area contributed by atoms with E-state index < -0.39 is 0 Å². The highest BCUT2D eigenvalue weighted by Gasteiger charge is 2.28. The molecule has 0 aromatic carbocycles. The van der Waals surface area contributed by atoms with E-state index in [0.29, 0.717) is 11.8 Å². The molecule has 0 radical (unpaired) electrons. The molecular formula is C10H20O. The summed E-state index contributed by atoms with van der Waals surface area (Å²) in [5.41, 5.74) is 0. The van der Waals surface area contributed by atoms with Gasteiger partial charge in [-0.05, 0) is 37.0 Å². The summed E-state index contributed by atoms with van der Waals surface area (Å²) in [7, 11) is 0. The van der Waals surface area contributed by atoms with Crippen LogP contribution in [-0.2, 0) is 0 Å². The van der Waals surface area contributed by atoms with Crippen LogP contribution in [-0.4, -0.2) is 11.2 Å². The molecule has 3 atom stereocenters. The van der Waals surface area contributed by atoms with Gasteiger partial charge in [0.05, 0.1) is 6.10 Å². The molecule has 1 aliphatic carbocycles. The van der Waals surface area contributed by atoms with Gasteiger partial charge in [-0.3, -0.25) is 0 Å². The maximum atomic E-state index is 9.66. The predicted octanol–water partition coefficient (Wildman–Crippen LogP) is 2.44. The number of rotatable bonds is 1. The Morgan fingerprint density at radius 1 is 1.27 bits per heavy atom.